The zero-order valence-electron chi connectivity index (χ0n) is 11.2. The molecule has 16 heavy (non-hydrogen) atoms. The molecule has 0 amide bonds. The van der Waals surface area contributed by atoms with Crippen LogP contribution in [0.2, 0.25) is 0 Å². The number of hydrogen-bond donors (Lipinski definition) is 1. The molecule has 0 aromatic heterocycles. The lowest BCUT2D eigenvalue weighted by Crippen LogP contribution is -2.59. The van der Waals surface area contributed by atoms with Gasteiger partial charge in [0.05, 0.1) is 0 Å². The lowest BCUT2D eigenvalue weighted by molar-refractivity contribution is 0.0419. The average molecular weight is 224 g/mol. The monoisotopic (exact) mass is 224 g/mol. The van der Waals surface area contributed by atoms with E-state index in [1.807, 2.05) is 0 Å². The van der Waals surface area contributed by atoms with Crippen molar-refractivity contribution >= 4 is 0 Å². The van der Waals surface area contributed by atoms with E-state index in [0.29, 0.717) is 0 Å². The minimum Gasteiger partial charge on any atom is -0.311 e. The number of hydrogen-bond acceptors (Lipinski definition) is 2. The van der Waals surface area contributed by atoms with E-state index < -0.39 is 0 Å². The fourth-order valence-corrected chi connectivity index (χ4v) is 3.48. The maximum atomic E-state index is 3.66. The number of nitrogens with zero attached hydrogens (tertiary/aromatic N) is 1. The molecule has 2 fully saturated rings. The Hall–Kier alpha value is -0.0800. The molecule has 1 aliphatic carbocycles. The Balaban J connectivity index is 1.99. The van der Waals surface area contributed by atoms with E-state index in [9.17, 15) is 0 Å². The Morgan fingerprint density at radius 2 is 1.94 bits per heavy atom. The molecule has 0 aromatic rings. The Labute approximate surface area is 101 Å². The van der Waals surface area contributed by atoms with Gasteiger partial charge < -0.3 is 5.32 Å². The van der Waals surface area contributed by atoms with Crippen LogP contribution in [0.25, 0.3) is 0 Å². The van der Waals surface area contributed by atoms with Gasteiger partial charge in [-0.2, -0.15) is 0 Å². The van der Waals surface area contributed by atoms with E-state index in [4.69, 9.17) is 0 Å². The lowest BCUT2D eigenvalue weighted by Gasteiger charge is -2.47. The summed E-state index contributed by atoms with van der Waals surface area (Å²) in [5.41, 5.74) is 0. The molecule has 4 unspecified atom stereocenters. The van der Waals surface area contributed by atoms with Gasteiger partial charge in [-0.3, -0.25) is 4.90 Å². The molecular weight excluding hydrogens is 196 g/mol. The van der Waals surface area contributed by atoms with E-state index in [2.05, 4.69) is 31.0 Å². The third-order valence-corrected chi connectivity index (χ3v) is 4.68. The second-order valence-electron chi connectivity index (χ2n) is 5.89. The van der Waals surface area contributed by atoms with Crippen molar-refractivity contribution in [1.29, 1.82) is 0 Å². The summed E-state index contributed by atoms with van der Waals surface area (Å²) in [4.78, 5) is 2.80. The predicted octanol–water partition coefficient (Wildman–Crippen LogP) is 2.64. The van der Waals surface area contributed by atoms with Crippen molar-refractivity contribution in [1.82, 2.24) is 10.2 Å². The molecule has 0 aromatic carbocycles. The van der Waals surface area contributed by atoms with E-state index >= 15 is 0 Å². The van der Waals surface area contributed by atoms with E-state index in [1.165, 1.54) is 45.2 Å². The Kier molecular flexibility index (Phi) is 4.26. The van der Waals surface area contributed by atoms with Gasteiger partial charge in [-0.05, 0) is 32.1 Å². The molecule has 0 bridgehead atoms. The highest BCUT2D eigenvalue weighted by molar-refractivity contribution is 4.90. The van der Waals surface area contributed by atoms with Crippen LogP contribution in [0.3, 0.4) is 0 Å². The van der Waals surface area contributed by atoms with Gasteiger partial charge in [0, 0.05) is 31.2 Å². The van der Waals surface area contributed by atoms with Crippen LogP contribution in [-0.4, -0.2) is 36.1 Å². The van der Waals surface area contributed by atoms with Crippen LogP contribution >= 0.6 is 0 Å². The van der Waals surface area contributed by atoms with Gasteiger partial charge in [-0.15, -0.1) is 0 Å². The van der Waals surface area contributed by atoms with E-state index in [0.717, 1.165) is 24.0 Å². The van der Waals surface area contributed by atoms with Crippen molar-refractivity contribution in [2.24, 2.45) is 5.92 Å². The van der Waals surface area contributed by atoms with Gasteiger partial charge in [0.25, 0.3) is 0 Å². The third kappa shape index (κ3) is 2.60. The summed E-state index contributed by atoms with van der Waals surface area (Å²) < 4.78 is 0. The average Bonchev–Trinajstić information content (AvgIpc) is 2.31. The Morgan fingerprint density at radius 1 is 1.19 bits per heavy atom. The quantitative estimate of drug-likeness (QED) is 0.776. The molecular formula is C14H28N2. The van der Waals surface area contributed by atoms with Crippen LogP contribution in [0, 0.1) is 5.92 Å². The van der Waals surface area contributed by atoms with Crippen molar-refractivity contribution in [3.8, 4) is 0 Å². The molecule has 1 saturated carbocycles. The van der Waals surface area contributed by atoms with Gasteiger partial charge in [-0.1, -0.05) is 26.7 Å². The first kappa shape index (κ1) is 12.4. The maximum absolute atomic E-state index is 3.66. The first-order chi connectivity index (χ1) is 7.72. The topological polar surface area (TPSA) is 15.3 Å². The fourth-order valence-electron chi connectivity index (χ4n) is 3.48. The third-order valence-electron chi connectivity index (χ3n) is 4.68. The SMILES string of the molecule is CCC1CN(C2CCCCC2C)C(C)CN1. The number of piperazine rings is 1. The molecule has 1 aliphatic heterocycles. The number of rotatable bonds is 2. The summed E-state index contributed by atoms with van der Waals surface area (Å²) in [6.45, 7) is 9.60. The zero-order valence-corrected chi connectivity index (χ0v) is 11.2. The molecule has 1 heterocycles. The lowest BCUT2D eigenvalue weighted by atomic mass is 9.83. The smallest absolute Gasteiger partial charge is 0.0196 e. The van der Waals surface area contributed by atoms with Gasteiger partial charge >= 0.3 is 0 Å². The summed E-state index contributed by atoms with van der Waals surface area (Å²) in [6.07, 6.45) is 7.04. The minimum absolute atomic E-state index is 0.727. The number of nitrogens with one attached hydrogen (secondary N) is 1. The van der Waals surface area contributed by atoms with Crippen molar-refractivity contribution in [3.05, 3.63) is 0 Å². The zero-order chi connectivity index (χ0) is 11.5. The maximum Gasteiger partial charge on any atom is 0.0196 e. The standard InChI is InChI=1S/C14H28N2/c1-4-13-10-16(12(3)9-15-13)14-8-6-5-7-11(14)2/h11-15H,4-10H2,1-3H3. The highest BCUT2D eigenvalue weighted by atomic mass is 15.3. The fraction of sp³-hybridized carbons (Fsp3) is 1.00. The summed E-state index contributed by atoms with van der Waals surface area (Å²) in [5, 5.41) is 3.66. The van der Waals surface area contributed by atoms with Crippen molar-refractivity contribution in [3.63, 3.8) is 0 Å². The molecule has 2 aliphatic rings. The highest BCUT2D eigenvalue weighted by Gasteiger charge is 2.33. The van der Waals surface area contributed by atoms with E-state index in [-0.39, 0.29) is 0 Å². The van der Waals surface area contributed by atoms with E-state index in [1.54, 1.807) is 0 Å². The van der Waals surface area contributed by atoms with Crippen LogP contribution in [0.15, 0.2) is 0 Å². The summed E-state index contributed by atoms with van der Waals surface area (Å²) in [6, 6.07) is 2.32. The molecule has 1 saturated heterocycles. The molecule has 0 spiro atoms. The summed E-state index contributed by atoms with van der Waals surface area (Å²) in [5.74, 6) is 0.909. The Morgan fingerprint density at radius 3 is 2.62 bits per heavy atom. The normalized spacial score (nSPS) is 42.2. The van der Waals surface area contributed by atoms with Gasteiger partial charge in [0.1, 0.15) is 0 Å². The van der Waals surface area contributed by atoms with Crippen LogP contribution in [-0.2, 0) is 0 Å². The molecule has 2 heteroatoms. The van der Waals surface area contributed by atoms with Crippen LogP contribution in [0.4, 0.5) is 0 Å². The molecule has 2 nitrogen and oxygen atoms in total. The van der Waals surface area contributed by atoms with Gasteiger partial charge in [-0.25, -0.2) is 0 Å². The van der Waals surface area contributed by atoms with Gasteiger partial charge in [0.2, 0.25) is 0 Å². The minimum atomic E-state index is 0.727. The first-order valence-electron chi connectivity index (χ1n) is 7.21. The van der Waals surface area contributed by atoms with Crippen molar-refractivity contribution in [2.45, 2.75) is 71.0 Å². The van der Waals surface area contributed by atoms with Gasteiger partial charge in [0.15, 0.2) is 0 Å². The summed E-state index contributed by atoms with van der Waals surface area (Å²) >= 11 is 0. The van der Waals surface area contributed by atoms with Crippen LogP contribution in [0.5, 0.6) is 0 Å². The molecule has 0 radical (unpaired) electrons. The molecule has 1 N–H and O–H groups in total. The largest absolute Gasteiger partial charge is 0.311 e. The molecule has 4 atom stereocenters. The molecule has 94 valence electrons. The predicted molar refractivity (Wildman–Crippen MR) is 69.7 cm³/mol. The first-order valence-corrected chi connectivity index (χ1v) is 7.21. The highest BCUT2D eigenvalue weighted by Crippen LogP contribution is 2.30. The summed E-state index contributed by atoms with van der Waals surface area (Å²) in [7, 11) is 0. The van der Waals surface area contributed by atoms with Crippen LogP contribution < -0.4 is 5.32 Å². The van der Waals surface area contributed by atoms with Crippen molar-refractivity contribution < 1.29 is 0 Å². The second-order valence-corrected chi connectivity index (χ2v) is 5.89. The second kappa shape index (κ2) is 5.50. The Bertz CT molecular complexity index is 217. The molecule has 2 rings (SSSR count). The van der Waals surface area contributed by atoms with Crippen LogP contribution in [0.1, 0.15) is 52.9 Å². The van der Waals surface area contributed by atoms with Crippen molar-refractivity contribution in [2.75, 3.05) is 13.1 Å².